The summed E-state index contributed by atoms with van der Waals surface area (Å²) in [6, 6.07) is 10.3. The molecule has 1 aliphatic heterocycles. The minimum absolute atomic E-state index is 0.166. The van der Waals surface area contributed by atoms with Gasteiger partial charge in [0, 0.05) is 18.5 Å². The number of carbonyl (C=O) groups is 1. The third kappa shape index (κ3) is 2.45. The molecular formula is C18H19N3OS. The van der Waals surface area contributed by atoms with E-state index in [-0.39, 0.29) is 5.91 Å². The van der Waals surface area contributed by atoms with E-state index in [0.29, 0.717) is 0 Å². The van der Waals surface area contributed by atoms with Gasteiger partial charge in [-0.3, -0.25) is 4.79 Å². The normalized spacial score (nSPS) is 14.8. The molecule has 1 amide bonds. The van der Waals surface area contributed by atoms with Crippen LogP contribution in [0, 0.1) is 13.8 Å². The number of nitrogens with zero attached hydrogens (tertiary/aromatic N) is 3. The van der Waals surface area contributed by atoms with Crippen molar-refractivity contribution < 1.29 is 4.79 Å². The lowest BCUT2D eigenvalue weighted by atomic mass is 10.2. The molecule has 0 radical (unpaired) electrons. The lowest BCUT2D eigenvalue weighted by Gasteiger charge is -2.13. The Kier molecular flexibility index (Phi) is 3.45. The summed E-state index contributed by atoms with van der Waals surface area (Å²) in [5.41, 5.74) is 3.22. The first kappa shape index (κ1) is 14.5. The van der Waals surface area contributed by atoms with Gasteiger partial charge >= 0.3 is 0 Å². The lowest BCUT2D eigenvalue weighted by Crippen LogP contribution is -2.26. The number of likely N-dealkylation sites (tertiary alicyclic amines) is 1. The third-order valence-electron chi connectivity index (χ3n) is 4.39. The van der Waals surface area contributed by atoms with Crippen LogP contribution in [0.1, 0.15) is 33.8 Å². The second-order valence-corrected chi connectivity index (χ2v) is 7.20. The van der Waals surface area contributed by atoms with Gasteiger partial charge in [0.2, 0.25) is 0 Å². The van der Waals surface area contributed by atoms with E-state index >= 15 is 0 Å². The Hall–Kier alpha value is -2.14. The van der Waals surface area contributed by atoms with E-state index in [4.69, 9.17) is 0 Å². The molecule has 1 saturated heterocycles. The topological polar surface area (TPSA) is 38.1 Å². The zero-order valence-corrected chi connectivity index (χ0v) is 14.2. The van der Waals surface area contributed by atoms with E-state index in [1.807, 2.05) is 28.6 Å². The van der Waals surface area contributed by atoms with E-state index in [9.17, 15) is 4.79 Å². The number of hydrogen-bond donors (Lipinski definition) is 0. The standard InChI is InChI=1S/C18H19N3OS/c1-12-6-5-7-14(10-12)21-18-15(13(2)19-21)11-16(23-18)17(22)20-8-3-4-9-20/h5-7,10-11H,3-4,8-9H2,1-2H3. The molecule has 2 aromatic heterocycles. The van der Waals surface area contributed by atoms with Gasteiger partial charge in [-0.1, -0.05) is 12.1 Å². The number of benzene rings is 1. The summed E-state index contributed by atoms with van der Waals surface area (Å²) in [6.07, 6.45) is 2.24. The van der Waals surface area contributed by atoms with E-state index < -0.39 is 0 Å². The predicted molar refractivity (Wildman–Crippen MR) is 93.6 cm³/mol. The fourth-order valence-corrected chi connectivity index (χ4v) is 4.31. The van der Waals surface area contributed by atoms with Crippen LogP contribution >= 0.6 is 11.3 Å². The van der Waals surface area contributed by atoms with Crippen LogP contribution in [0.3, 0.4) is 0 Å². The Morgan fingerprint density at radius 3 is 2.70 bits per heavy atom. The Morgan fingerprint density at radius 2 is 1.96 bits per heavy atom. The number of rotatable bonds is 2. The lowest BCUT2D eigenvalue weighted by molar-refractivity contribution is 0.0797. The first-order valence-corrected chi connectivity index (χ1v) is 8.80. The molecule has 4 rings (SSSR count). The maximum Gasteiger partial charge on any atom is 0.264 e. The van der Waals surface area contributed by atoms with Crippen LogP contribution in [-0.4, -0.2) is 33.7 Å². The van der Waals surface area contributed by atoms with Crippen molar-refractivity contribution in [2.24, 2.45) is 0 Å². The van der Waals surface area contributed by atoms with Crippen LogP contribution in [0.5, 0.6) is 0 Å². The number of carbonyl (C=O) groups excluding carboxylic acids is 1. The summed E-state index contributed by atoms with van der Waals surface area (Å²) in [6.45, 7) is 5.85. The molecule has 0 aliphatic carbocycles. The predicted octanol–water partition coefficient (Wildman–Crippen LogP) is 3.94. The molecule has 1 aliphatic rings. The van der Waals surface area contributed by atoms with Gasteiger partial charge < -0.3 is 4.90 Å². The highest BCUT2D eigenvalue weighted by Crippen LogP contribution is 2.31. The number of aryl methyl sites for hydroxylation is 2. The molecule has 23 heavy (non-hydrogen) atoms. The third-order valence-corrected chi connectivity index (χ3v) is 5.49. The first-order chi connectivity index (χ1) is 11.1. The van der Waals surface area contributed by atoms with Crippen molar-refractivity contribution in [2.45, 2.75) is 26.7 Å². The minimum Gasteiger partial charge on any atom is -0.338 e. The molecule has 3 aromatic rings. The molecule has 0 N–H and O–H groups in total. The summed E-state index contributed by atoms with van der Waals surface area (Å²) in [5.74, 6) is 0.166. The molecule has 0 atom stereocenters. The van der Waals surface area contributed by atoms with Crippen molar-refractivity contribution in [1.82, 2.24) is 14.7 Å². The molecule has 3 heterocycles. The van der Waals surface area contributed by atoms with Gasteiger partial charge in [0.05, 0.1) is 16.3 Å². The zero-order chi connectivity index (χ0) is 16.0. The highest BCUT2D eigenvalue weighted by atomic mass is 32.1. The molecule has 1 fully saturated rings. The second-order valence-electron chi connectivity index (χ2n) is 6.17. The Morgan fingerprint density at radius 1 is 1.17 bits per heavy atom. The number of fused-ring (bicyclic) bond motifs is 1. The summed E-state index contributed by atoms with van der Waals surface area (Å²) in [5, 5.41) is 5.74. The molecular weight excluding hydrogens is 306 g/mol. The summed E-state index contributed by atoms with van der Waals surface area (Å²) < 4.78 is 1.96. The molecule has 1 aromatic carbocycles. The van der Waals surface area contributed by atoms with Crippen LogP contribution in [0.25, 0.3) is 15.9 Å². The highest BCUT2D eigenvalue weighted by Gasteiger charge is 2.23. The van der Waals surface area contributed by atoms with Gasteiger partial charge in [-0.05, 0) is 50.5 Å². The van der Waals surface area contributed by atoms with Crippen LogP contribution in [-0.2, 0) is 0 Å². The number of amides is 1. The molecule has 4 nitrogen and oxygen atoms in total. The molecule has 0 spiro atoms. The maximum atomic E-state index is 12.6. The van der Waals surface area contributed by atoms with Gasteiger partial charge in [-0.15, -0.1) is 11.3 Å². The average Bonchev–Trinajstić information content (AvgIpc) is 3.24. The largest absolute Gasteiger partial charge is 0.338 e. The van der Waals surface area contributed by atoms with Crippen LogP contribution in [0.15, 0.2) is 30.3 Å². The van der Waals surface area contributed by atoms with Gasteiger partial charge in [-0.25, -0.2) is 4.68 Å². The van der Waals surface area contributed by atoms with Crippen LogP contribution in [0.4, 0.5) is 0 Å². The highest BCUT2D eigenvalue weighted by molar-refractivity contribution is 7.20. The van der Waals surface area contributed by atoms with Crippen LogP contribution < -0.4 is 0 Å². The second kappa shape index (κ2) is 5.49. The van der Waals surface area contributed by atoms with Gasteiger partial charge in [0.1, 0.15) is 4.83 Å². The summed E-state index contributed by atoms with van der Waals surface area (Å²) in [4.78, 5) is 16.5. The maximum absolute atomic E-state index is 12.6. The van der Waals surface area contributed by atoms with Crippen molar-refractivity contribution in [3.8, 4) is 5.69 Å². The molecule has 0 unspecified atom stereocenters. The minimum atomic E-state index is 0.166. The Balaban J connectivity index is 1.80. The summed E-state index contributed by atoms with van der Waals surface area (Å²) in [7, 11) is 0. The van der Waals surface area contributed by atoms with E-state index in [1.54, 1.807) is 11.3 Å². The van der Waals surface area contributed by atoms with E-state index in [0.717, 1.165) is 52.4 Å². The first-order valence-electron chi connectivity index (χ1n) is 7.99. The van der Waals surface area contributed by atoms with E-state index in [1.165, 1.54) is 5.56 Å². The van der Waals surface area contributed by atoms with Crippen molar-refractivity contribution in [3.05, 3.63) is 46.5 Å². The molecule has 0 saturated carbocycles. The van der Waals surface area contributed by atoms with Crippen LogP contribution in [0.2, 0.25) is 0 Å². The van der Waals surface area contributed by atoms with Crippen molar-refractivity contribution >= 4 is 27.5 Å². The van der Waals surface area contributed by atoms with Gasteiger partial charge in [-0.2, -0.15) is 5.10 Å². The fraction of sp³-hybridized carbons (Fsp3) is 0.333. The fourth-order valence-electron chi connectivity index (χ4n) is 3.16. The zero-order valence-electron chi connectivity index (χ0n) is 13.4. The Labute approximate surface area is 139 Å². The molecule has 0 bridgehead atoms. The quantitative estimate of drug-likeness (QED) is 0.716. The number of hydrogen-bond acceptors (Lipinski definition) is 3. The smallest absolute Gasteiger partial charge is 0.264 e. The number of aromatic nitrogens is 2. The average molecular weight is 325 g/mol. The summed E-state index contributed by atoms with van der Waals surface area (Å²) >= 11 is 1.55. The van der Waals surface area contributed by atoms with Crippen molar-refractivity contribution in [3.63, 3.8) is 0 Å². The van der Waals surface area contributed by atoms with Gasteiger partial charge in [0.25, 0.3) is 5.91 Å². The number of thiophene rings is 1. The molecule has 5 heteroatoms. The van der Waals surface area contributed by atoms with Crippen molar-refractivity contribution in [1.29, 1.82) is 0 Å². The van der Waals surface area contributed by atoms with Crippen molar-refractivity contribution in [2.75, 3.05) is 13.1 Å². The van der Waals surface area contributed by atoms with E-state index in [2.05, 4.69) is 30.2 Å². The molecule has 118 valence electrons. The Bertz CT molecular complexity index is 887. The SMILES string of the molecule is Cc1cccc(-n2nc(C)c3cc(C(=O)N4CCCC4)sc32)c1. The van der Waals surface area contributed by atoms with Gasteiger partial charge in [0.15, 0.2) is 0 Å². The monoisotopic (exact) mass is 325 g/mol.